The van der Waals surface area contributed by atoms with E-state index in [1.54, 1.807) is 18.2 Å². The maximum Gasteiger partial charge on any atom is 0.188 e. The van der Waals surface area contributed by atoms with E-state index in [-0.39, 0.29) is 12.6 Å². The molecule has 0 atom stereocenters. The maximum atomic E-state index is 7.30. The lowest BCUT2D eigenvalue weighted by Crippen LogP contribution is -2.13. The summed E-state index contributed by atoms with van der Waals surface area (Å²) in [6, 6.07) is 4.88. The van der Waals surface area contributed by atoms with Crippen LogP contribution in [0.15, 0.2) is 18.2 Å². The fraction of sp³-hybridized carbons (Fsp3) is 0.222. The molecule has 76 valence electrons. The standard InChI is InChI=1S/C9H11ClN2O2/c1-13-5-14-8-4-6(10)2-3-7(8)9(11)12/h2-4H,5H2,1H3,(H3,11,12). The third-order valence-corrected chi connectivity index (χ3v) is 1.80. The molecular formula is C9H11ClN2O2. The Morgan fingerprint density at radius 3 is 2.86 bits per heavy atom. The molecule has 14 heavy (non-hydrogen) atoms. The molecule has 1 rings (SSSR count). The Morgan fingerprint density at radius 1 is 1.57 bits per heavy atom. The zero-order valence-corrected chi connectivity index (χ0v) is 8.47. The highest BCUT2D eigenvalue weighted by Gasteiger charge is 2.06. The molecule has 0 saturated carbocycles. The normalized spacial score (nSPS) is 9.86. The third kappa shape index (κ3) is 2.61. The van der Waals surface area contributed by atoms with E-state index < -0.39 is 0 Å². The lowest BCUT2D eigenvalue weighted by atomic mass is 10.2. The maximum absolute atomic E-state index is 7.30. The molecule has 4 nitrogen and oxygen atoms in total. The zero-order chi connectivity index (χ0) is 10.6. The molecule has 0 bridgehead atoms. The minimum absolute atomic E-state index is 0.0623. The van der Waals surface area contributed by atoms with Crippen molar-refractivity contribution in [2.45, 2.75) is 0 Å². The van der Waals surface area contributed by atoms with Gasteiger partial charge in [0.25, 0.3) is 0 Å². The van der Waals surface area contributed by atoms with Crippen molar-refractivity contribution in [3.05, 3.63) is 28.8 Å². The van der Waals surface area contributed by atoms with E-state index in [9.17, 15) is 0 Å². The number of methoxy groups -OCH3 is 1. The first-order valence-electron chi connectivity index (χ1n) is 3.91. The summed E-state index contributed by atoms with van der Waals surface area (Å²) >= 11 is 5.77. The predicted octanol–water partition coefficient (Wildman–Crippen LogP) is 1.61. The number of benzene rings is 1. The smallest absolute Gasteiger partial charge is 0.188 e. The largest absolute Gasteiger partial charge is 0.467 e. The van der Waals surface area contributed by atoms with Crippen LogP contribution in [-0.4, -0.2) is 19.7 Å². The minimum atomic E-state index is -0.0623. The summed E-state index contributed by atoms with van der Waals surface area (Å²) in [7, 11) is 1.51. The Bertz CT molecular complexity index is 342. The number of halogens is 1. The average molecular weight is 215 g/mol. The second-order valence-corrected chi connectivity index (χ2v) is 3.04. The second-order valence-electron chi connectivity index (χ2n) is 2.61. The van der Waals surface area contributed by atoms with Crippen LogP contribution in [0, 0.1) is 5.41 Å². The highest BCUT2D eigenvalue weighted by molar-refractivity contribution is 6.30. The van der Waals surface area contributed by atoms with Gasteiger partial charge in [-0.15, -0.1) is 0 Å². The highest BCUT2D eigenvalue weighted by atomic mass is 35.5. The van der Waals surface area contributed by atoms with Gasteiger partial charge in [-0.3, -0.25) is 5.41 Å². The lowest BCUT2D eigenvalue weighted by molar-refractivity contribution is 0.0510. The summed E-state index contributed by atoms with van der Waals surface area (Å²) in [4.78, 5) is 0. The van der Waals surface area contributed by atoms with E-state index in [0.717, 1.165) is 0 Å². The van der Waals surface area contributed by atoms with Crippen LogP contribution in [0.2, 0.25) is 5.02 Å². The fourth-order valence-electron chi connectivity index (χ4n) is 0.961. The van der Waals surface area contributed by atoms with Crippen molar-refractivity contribution in [1.82, 2.24) is 0 Å². The van der Waals surface area contributed by atoms with Crippen molar-refractivity contribution >= 4 is 17.4 Å². The minimum Gasteiger partial charge on any atom is -0.467 e. The van der Waals surface area contributed by atoms with Gasteiger partial charge in [0, 0.05) is 12.1 Å². The molecule has 0 spiro atoms. The molecule has 0 heterocycles. The molecule has 1 aromatic rings. The van der Waals surface area contributed by atoms with Crippen molar-refractivity contribution in [3.8, 4) is 5.75 Å². The van der Waals surface area contributed by atoms with E-state index in [4.69, 9.17) is 32.2 Å². The summed E-state index contributed by atoms with van der Waals surface area (Å²) in [6.45, 7) is 0.0978. The molecule has 1 aromatic carbocycles. The molecule has 0 fully saturated rings. The van der Waals surface area contributed by atoms with Crippen molar-refractivity contribution in [3.63, 3.8) is 0 Å². The van der Waals surface area contributed by atoms with Crippen molar-refractivity contribution in [2.24, 2.45) is 5.73 Å². The Balaban J connectivity index is 2.97. The summed E-state index contributed by atoms with van der Waals surface area (Å²) in [5, 5.41) is 7.82. The molecule has 0 aliphatic rings. The molecule has 0 saturated heterocycles. The average Bonchev–Trinajstić information content (AvgIpc) is 2.14. The van der Waals surface area contributed by atoms with Crippen LogP contribution in [0.3, 0.4) is 0 Å². The van der Waals surface area contributed by atoms with Crippen molar-refractivity contribution < 1.29 is 9.47 Å². The predicted molar refractivity (Wildman–Crippen MR) is 55.0 cm³/mol. The van der Waals surface area contributed by atoms with Crippen molar-refractivity contribution in [1.29, 1.82) is 5.41 Å². The Kier molecular flexibility index (Phi) is 3.73. The number of ether oxygens (including phenoxy) is 2. The van der Waals surface area contributed by atoms with Gasteiger partial charge < -0.3 is 15.2 Å². The Morgan fingerprint density at radius 2 is 2.29 bits per heavy atom. The topological polar surface area (TPSA) is 68.3 Å². The molecule has 0 aliphatic heterocycles. The van der Waals surface area contributed by atoms with Crippen LogP contribution in [0.25, 0.3) is 0 Å². The van der Waals surface area contributed by atoms with Crippen LogP contribution in [0.5, 0.6) is 5.75 Å². The number of hydrogen-bond donors (Lipinski definition) is 2. The molecule has 0 unspecified atom stereocenters. The van der Waals surface area contributed by atoms with Crippen LogP contribution in [-0.2, 0) is 4.74 Å². The van der Waals surface area contributed by atoms with Crippen LogP contribution in [0.4, 0.5) is 0 Å². The lowest BCUT2D eigenvalue weighted by Gasteiger charge is -2.09. The van der Waals surface area contributed by atoms with E-state index in [0.29, 0.717) is 16.3 Å². The number of rotatable bonds is 4. The van der Waals surface area contributed by atoms with Crippen LogP contribution < -0.4 is 10.5 Å². The molecule has 5 heteroatoms. The van der Waals surface area contributed by atoms with Gasteiger partial charge in [0.15, 0.2) is 6.79 Å². The van der Waals surface area contributed by atoms with E-state index in [2.05, 4.69) is 0 Å². The fourth-order valence-corrected chi connectivity index (χ4v) is 1.12. The monoisotopic (exact) mass is 214 g/mol. The first-order chi connectivity index (χ1) is 6.65. The van der Waals surface area contributed by atoms with E-state index in [1.165, 1.54) is 7.11 Å². The molecule has 0 amide bonds. The van der Waals surface area contributed by atoms with Gasteiger partial charge in [0.2, 0.25) is 0 Å². The summed E-state index contributed by atoms with van der Waals surface area (Å²) < 4.78 is 9.94. The van der Waals surface area contributed by atoms with E-state index in [1.807, 2.05) is 0 Å². The number of nitrogen functional groups attached to an aromatic ring is 1. The zero-order valence-electron chi connectivity index (χ0n) is 7.71. The SMILES string of the molecule is COCOc1cc(Cl)ccc1C(=N)N. The molecule has 0 aromatic heterocycles. The van der Waals surface area contributed by atoms with E-state index >= 15 is 0 Å². The van der Waals surface area contributed by atoms with Crippen LogP contribution in [0.1, 0.15) is 5.56 Å². The quantitative estimate of drug-likeness (QED) is 0.455. The number of hydrogen-bond acceptors (Lipinski definition) is 3. The van der Waals surface area contributed by atoms with Gasteiger partial charge in [-0.05, 0) is 18.2 Å². The number of nitrogens with one attached hydrogen (secondary N) is 1. The summed E-state index contributed by atoms with van der Waals surface area (Å²) in [5.74, 6) is 0.389. The molecule has 0 aliphatic carbocycles. The highest BCUT2D eigenvalue weighted by Crippen LogP contribution is 2.22. The number of amidine groups is 1. The molecular weight excluding hydrogens is 204 g/mol. The summed E-state index contributed by atoms with van der Waals surface area (Å²) in [5.41, 5.74) is 5.86. The van der Waals surface area contributed by atoms with Gasteiger partial charge in [-0.25, -0.2) is 0 Å². The van der Waals surface area contributed by atoms with Crippen molar-refractivity contribution in [2.75, 3.05) is 13.9 Å². The van der Waals surface area contributed by atoms with Crippen LogP contribution >= 0.6 is 11.6 Å². The first kappa shape index (κ1) is 10.8. The second kappa shape index (κ2) is 4.83. The number of nitrogens with two attached hydrogens (primary N) is 1. The van der Waals surface area contributed by atoms with Gasteiger partial charge in [0.1, 0.15) is 11.6 Å². The third-order valence-electron chi connectivity index (χ3n) is 1.57. The van der Waals surface area contributed by atoms with Gasteiger partial charge in [0.05, 0.1) is 5.56 Å². The van der Waals surface area contributed by atoms with Gasteiger partial charge >= 0.3 is 0 Å². The molecule has 3 N–H and O–H groups in total. The summed E-state index contributed by atoms with van der Waals surface area (Å²) in [6.07, 6.45) is 0. The molecule has 0 radical (unpaired) electrons. The van der Waals surface area contributed by atoms with Gasteiger partial charge in [-0.2, -0.15) is 0 Å². The first-order valence-corrected chi connectivity index (χ1v) is 4.28. The Labute approximate surface area is 87.1 Å². The Hall–Kier alpha value is -1.26. The van der Waals surface area contributed by atoms with Gasteiger partial charge in [-0.1, -0.05) is 11.6 Å².